The Morgan fingerprint density at radius 2 is 2.06 bits per heavy atom. The monoisotopic (exact) mass is 509 g/mol. The van der Waals surface area contributed by atoms with E-state index in [1.165, 1.54) is 17.8 Å². The zero-order chi connectivity index (χ0) is 26.1. The van der Waals surface area contributed by atoms with Gasteiger partial charge in [-0.2, -0.15) is 0 Å². The number of pyridine rings is 1. The van der Waals surface area contributed by atoms with Crippen molar-refractivity contribution in [1.29, 1.82) is 0 Å². The molecule has 4 rings (SSSR count). The number of amides is 3. The van der Waals surface area contributed by atoms with Crippen molar-refractivity contribution in [3.63, 3.8) is 0 Å². The molecule has 2 aliphatic rings. The second-order valence-corrected chi connectivity index (χ2v) is 9.64. The van der Waals surface area contributed by atoms with Crippen LogP contribution in [0.3, 0.4) is 0 Å². The molecule has 2 N–H and O–H groups in total. The van der Waals surface area contributed by atoms with E-state index in [1.54, 1.807) is 17.4 Å². The van der Waals surface area contributed by atoms with E-state index in [4.69, 9.17) is 0 Å². The number of allylic oxidation sites excluding steroid dienone is 4. The van der Waals surface area contributed by atoms with Crippen LogP contribution in [0.1, 0.15) is 90.5 Å². The zero-order valence-corrected chi connectivity index (χ0v) is 22.2. The normalized spacial score (nSPS) is 17.5. The lowest BCUT2D eigenvalue weighted by molar-refractivity contribution is -0.125. The summed E-state index contributed by atoms with van der Waals surface area (Å²) in [5.74, 6) is -1.27. The van der Waals surface area contributed by atoms with Crippen molar-refractivity contribution in [3.8, 4) is 0 Å². The maximum absolute atomic E-state index is 13.2. The first kappa shape index (κ1) is 27.3. The Balaban J connectivity index is 0.00000176. The molecule has 2 aromatic heterocycles. The van der Waals surface area contributed by atoms with Gasteiger partial charge in [-0.05, 0) is 51.2 Å². The Kier molecular flexibility index (Phi) is 9.93. The summed E-state index contributed by atoms with van der Waals surface area (Å²) in [6.07, 6.45) is 11.9. The van der Waals surface area contributed by atoms with Gasteiger partial charge in [-0.3, -0.25) is 30.2 Å². The highest BCUT2D eigenvalue weighted by Crippen LogP contribution is 2.34. The minimum Gasteiger partial charge on any atom is -0.329 e. The number of aromatic nitrogens is 2. The SMILES string of the molecule is CC.Cc1csc([C@H]2CCCN2C(=O)c2ccnc(C(=O)NNC(=O)C(C)CC3=CC=CCC3)c2)n1. The third-order valence-electron chi connectivity index (χ3n) is 6.09. The Morgan fingerprint density at radius 1 is 1.25 bits per heavy atom. The van der Waals surface area contributed by atoms with Crippen molar-refractivity contribution in [2.45, 2.75) is 65.8 Å². The molecule has 3 heterocycles. The molecule has 1 aliphatic heterocycles. The van der Waals surface area contributed by atoms with Gasteiger partial charge in [-0.15, -0.1) is 11.3 Å². The van der Waals surface area contributed by atoms with Crippen LogP contribution in [0.15, 0.2) is 47.5 Å². The van der Waals surface area contributed by atoms with Gasteiger partial charge in [0.2, 0.25) is 5.91 Å². The molecule has 0 radical (unpaired) electrons. The molecule has 1 saturated heterocycles. The van der Waals surface area contributed by atoms with Crippen LogP contribution in [0.2, 0.25) is 0 Å². The number of carbonyl (C=O) groups is 3. The number of likely N-dealkylation sites (tertiary alicyclic amines) is 1. The zero-order valence-electron chi connectivity index (χ0n) is 21.4. The molecule has 192 valence electrons. The molecular formula is C27H35N5O3S. The van der Waals surface area contributed by atoms with Crippen LogP contribution in [0.4, 0.5) is 0 Å². The van der Waals surface area contributed by atoms with E-state index < -0.39 is 5.91 Å². The van der Waals surface area contributed by atoms with Crippen LogP contribution in [-0.4, -0.2) is 39.1 Å². The lowest BCUT2D eigenvalue weighted by atomic mass is 9.94. The van der Waals surface area contributed by atoms with Crippen LogP contribution in [0, 0.1) is 12.8 Å². The third-order valence-corrected chi connectivity index (χ3v) is 7.15. The van der Waals surface area contributed by atoms with E-state index >= 15 is 0 Å². The van der Waals surface area contributed by atoms with E-state index in [9.17, 15) is 14.4 Å². The maximum atomic E-state index is 13.2. The highest BCUT2D eigenvalue weighted by atomic mass is 32.1. The number of carbonyl (C=O) groups excluding carboxylic acids is 3. The summed E-state index contributed by atoms with van der Waals surface area (Å²) in [6, 6.07) is 3.02. The van der Waals surface area contributed by atoms with Crippen LogP contribution in [0.25, 0.3) is 0 Å². The minimum absolute atomic E-state index is 0.0489. The fraction of sp³-hybridized carbons (Fsp3) is 0.444. The predicted molar refractivity (Wildman–Crippen MR) is 141 cm³/mol. The van der Waals surface area contributed by atoms with Gasteiger partial charge in [0.15, 0.2) is 0 Å². The highest BCUT2D eigenvalue weighted by molar-refractivity contribution is 7.09. The summed E-state index contributed by atoms with van der Waals surface area (Å²) in [4.78, 5) is 48.7. The molecule has 36 heavy (non-hydrogen) atoms. The van der Waals surface area contributed by atoms with Gasteiger partial charge < -0.3 is 4.90 Å². The molecule has 1 fully saturated rings. The number of nitrogens with zero attached hydrogens (tertiary/aromatic N) is 3. The number of hydrogen-bond donors (Lipinski definition) is 2. The lowest BCUT2D eigenvalue weighted by Crippen LogP contribution is -2.44. The topological polar surface area (TPSA) is 104 Å². The smallest absolute Gasteiger partial charge is 0.288 e. The van der Waals surface area contributed by atoms with Gasteiger partial charge >= 0.3 is 0 Å². The summed E-state index contributed by atoms with van der Waals surface area (Å²) in [6.45, 7) is 8.42. The second kappa shape index (κ2) is 13.1. The minimum atomic E-state index is -0.566. The van der Waals surface area contributed by atoms with E-state index in [0.717, 1.165) is 36.4 Å². The van der Waals surface area contributed by atoms with E-state index in [-0.39, 0.29) is 29.5 Å². The number of rotatable bonds is 6. The Bertz CT molecular complexity index is 1140. The molecule has 2 aromatic rings. The summed E-state index contributed by atoms with van der Waals surface area (Å²) in [7, 11) is 0. The Labute approximate surface area is 216 Å². The third kappa shape index (κ3) is 6.87. The molecule has 8 nitrogen and oxygen atoms in total. The van der Waals surface area contributed by atoms with Crippen molar-refractivity contribution in [2.75, 3.05) is 6.54 Å². The van der Waals surface area contributed by atoms with Gasteiger partial charge in [-0.25, -0.2) is 4.98 Å². The second-order valence-electron chi connectivity index (χ2n) is 8.75. The van der Waals surface area contributed by atoms with Crippen molar-refractivity contribution in [3.05, 3.63) is 69.5 Å². The predicted octanol–water partition coefficient (Wildman–Crippen LogP) is 4.91. The Hall–Kier alpha value is -3.33. The molecule has 0 aromatic carbocycles. The summed E-state index contributed by atoms with van der Waals surface area (Å²) in [5.41, 5.74) is 7.53. The average Bonchev–Trinajstić information content (AvgIpc) is 3.57. The molecule has 2 atom stereocenters. The average molecular weight is 510 g/mol. The molecule has 1 aliphatic carbocycles. The standard InChI is InChI=1S/C25H29N5O3S.C2H6/c1-16(13-18-7-4-3-5-8-18)22(31)28-29-23(32)20-14-19(10-11-26-20)25(33)30-12-6-9-21(30)24-27-17(2)15-34-24;1-2/h3-4,7,10-11,14-16,21H,5-6,8-9,12-13H2,1-2H3,(H,28,31)(H,29,32);1-2H3/t16?,21-;/m1./s1. The molecule has 0 spiro atoms. The van der Waals surface area contributed by atoms with Crippen LogP contribution >= 0.6 is 11.3 Å². The molecular weight excluding hydrogens is 474 g/mol. The van der Waals surface area contributed by atoms with Crippen molar-refractivity contribution in [1.82, 2.24) is 25.7 Å². The first-order chi connectivity index (χ1) is 17.4. The van der Waals surface area contributed by atoms with Crippen LogP contribution < -0.4 is 10.9 Å². The first-order valence-corrected chi connectivity index (χ1v) is 13.4. The van der Waals surface area contributed by atoms with Gasteiger partial charge in [0.25, 0.3) is 11.8 Å². The number of hydrazine groups is 1. The molecule has 9 heteroatoms. The number of hydrogen-bond acceptors (Lipinski definition) is 6. The van der Waals surface area contributed by atoms with E-state index in [2.05, 4.69) is 26.9 Å². The molecule has 0 saturated carbocycles. The van der Waals surface area contributed by atoms with Crippen LogP contribution in [0.5, 0.6) is 0 Å². The maximum Gasteiger partial charge on any atom is 0.288 e. The Morgan fingerprint density at radius 3 is 2.75 bits per heavy atom. The van der Waals surface area contributed by atoms with Gasteiger partial charge in [-0.1, -0.05) is 44.6 Å². The molecule has 3 amide bonds. The summed E-state index contributed by atoms with van der Waals surface area (Å²) < 4.78 is 0. The summed E-state index contributed by atoms with van der Waals surface area (Å²) in [5, 5.41) is 2.93. The van der Waals surface area contributed by atoms with Gasteiger partial charge in [0.05, 0.1) is 6.04 Å². The van der Waals surface area contributed by atoms with Crippen molar-refractivity contribution in [2.24, 2.45) is 5.92 Å². The van der Waals surface area contributed by atoms with Crippen molar-refractivity contribution >= 4 is 29.1 Å². The van der Waals surface area contributed by atoms with E-state index in [1.807, 2.05) is 50.1 Å². The fourth-order valence-electron chi connectivity index (χ4n) is 4.26. The lowest BCUT2D eigenvalue weighted by Gasteiger charge is -2.23. The van der Waals surface area contributed by atoms with Crippen LogP contribution in [-0.2, 0) is 4.79 Å². The van der Waals surface area contributed by atoms with E-state index in [0.29, 0.717) is 18.5 Å². The number of nitrogens with one attached hydrogen (secondary N) is 2. The number of aryl methyl sites for hydroxylation is 1. The van der Waals surface area contributed by atoms with Crippen molar-refractivity contribution < 1.29 is 14.4 Å². The summed E-state index contributed by atoms with van der Waals surface area (Å²) >= 11 is 1.57. The largest absolute Gasteiger partial charge is 0.329 e. The van der Waals surface area contributed by atoms with Gasteiger partial charge in [0.1, 0.15) is 10.7 Å². The first-order valence-electron chi connectivity index (χ1n) is 12.6. The fourth-order valence-corrected chi connectivity index (χ4v) is 5.20. The molecule has 0 bridgehead atoms. The quantitative estimate of drug-likeness (QED) is 0.538. The number of thiazole rings is 1. The van der Waals surface area contributed by atoms with Gasteiger partial charge in [0, 0.05) is 35.3 Å². The molecule has 1 unspecified atom stereocenters. The highest BCUT2D eigenvalue weighted by Gasteiger charge is 2.32.